The first-order valence-corrected chi connectivity index (χ1v) is 17.7. The molecule has 0 spiro atoms. The van der Waals surface area contributed by atoms with Gasteiger partial charge in [0, 0.05) is 37.0 Å². The van der Waals surface area contributed by atoms with Crippen molar-refractivity contribution >= 4 is 80.7 Å². The van der Waals surface area contributed by atoms with Crippen molar-refractivity contribution in [2.45, 2.75) is 10.1 Å². The Kier molecular flexibility index (Phi) is 10.8. The first-order chi connectivity index (χ1) is 23.4. The molecule has 1 unspecified atom stereocenters. The third-order valence-electron chi connectivity index (χ3n) is 6.93. The summed E-state index contributed by atoms with van der Waals surface area (Å²) in [5.74, 6) is -1.12. The molecule has 3 amide bonds. The van der Waals surface area contributed by atoms with E-state index in [1.807, 2.05) is 83.6 Å². The van der Waals surface area contributed by atoms with Gasteiger partial charge in [0.1, 0.15) is 10.9 Å². The van der Waals surface area contributed by atoms with Crippen LogP contribution in [0.1, 0.15) is 26.0 Å². The van der Waals surface area contributed by atoms with E-state index in [0.717, 1.165) is 20.9 Å². The molecular formula is C37H27ClN4O3S3. The van der Waals surface area contributed by atoms with Gasteiger partial charge in [-0.15, -0.1) is 34.4 Å². The van der Waals surface area contributed by atoms with Crippen molar-refractivity contribution in [1.82, 2.24) is 10.3 Å². The average molecular weight is 707 g/mol. The van der Waals surface area contributed by atoms with Crippen LogP contribution in [0, 0.1) is 0 Å². The molecule has 0 fully saturated rings. The molecule has 0 aliphatic carbocycles. The molecule has 2 aromatic heterocycles. The molecule has 48 heavy (non-hydrogen) atoms. The quantitative estimate of drug-likeness (QED) is 0.0921. The molecule has 1 atom stereocenters. The highest BCUT2D eigenvalue weighted by Crippen LogP contribution is 2.38. The first-order valence-electron chi connectivity index (χ1n) is 14.7. The number of thioether (sulfide) groups is 1. The zero-order valence-corrected chi connectivity index (χ0v) is 28.3. The van der Waals surface area contributed by atoms with E-state index in [0.29, 0.717) is 27.1 Å². The lowest BCUT2D eigenvalue weighted by Crippen LogP contribution is -2.30. The monoisotopic (exact) mass is 706 g/mol. The first kappa shape index (κ1) is 32.9. The number of anilines is 2. The number of nitrogens with zero attached hydrogens (tertiary/aromatic N) is 1. The fourth-order valence-corrected chi connectivity index (χ4v) is 7.32. The lowest BCUT2D eigenvalue weighted by molar-refractivity contribution is -0.116. The summed E-state index contributed by atoms with van der Waals surface area (Å²) in [6.07, 6.45) is 1.64. The summed E-state index contributed by atoms with van der Waals surface area (Å²) in [4.78, 5) is 46.4. The highest BCUT2D eigenvalue weighted by Gasteiger charge is 2.24. The lowest BCUT2D eigenvalue weighted by Gasteiger charge is -2.17. The van der Waals surface area contributed by atoms with Crippen molar-refractivity contribution < 1.29 is 14.4 Å². The Hall–Kier alpha value is -5.00. The summed E-state index contributed by atoms with van der Waals surface area (Å²) in [5.41, 5.74) is 3.32. The van der Waals surface area contributed by atoms with Crippen molar-refractivity contribution in [2.24, 2.45) is 0 Å². The van der Waals surface area contributed by atoms with Gasteiger partial charge in [0.15, 0.2) is 5.13 Å². The van der Waals surface area contributed by atoms with Crippen LogP contribution in [0.3, 0.4) is 0 Å². The van der Waals surface area contributed by atoms with E-state index >= 15 is 0 Å². The maximum absolute atomic E-state index is 13.7. The number of carbonyl (C=O) groups excluding carboxylic acids is 3. The van der Waals surface area contributed by atoms with Gasteiger partial charge < -0.3 is 16.0 Å². The number of amides is 3. The van der Waals surface area contributed by atoms with Crippen molar-refractivity contribution in [1.29, 1.82) is 0 Å². The van der Waals surface area contributed by atoms with Gasteiger partial charge in [-0.1, -0.05) is 90.5 Å². The van der Waals surface area contributed by atoms with Gasteiger partial charge in [-0.3, -0.25) is 14.4 Å². The van der Waals surface area contributed by atoms with Crippen LogP contribution < -0.4 is 16.0 Å². The SMILES string of the molecule is O=C(Nc1cccc(SC(C(=O)Nc2nc(-c3ccccc3Cl)cs2)c2ccccc2)c1)/C(=C/c1cccs1)NC(=O)c1ccccc1. The van der Waals surface area contributed by atoms with Crippen LogP contribution in [0.15, 0.2) is 143 Å². The van der Waals surface area contributed by atoms with Gasteiger partial charge in [-0.2, -0.15) is 0 Å². The van der Waals surface area contributed by atoms with E-state index in [-0.39, 0.29) is 11.6 Å². The molecule has 238 valence electrons. The molecule has 3 N–H and O–H groups in total. The molecule has 4 aromatic carbocycles. The topological polar surface area (TPSA) is 100 Å². The molecule has 2 heterocycles. The van der Waals surface area contributed by atoms with Gasteiger partial charge in [0.2, 0.25) is 5.91 Å². The summed E-state index contributed by atoms with van der Waals surface area (Å²) >= 11 is 10.5. The van der Waals surface area contributed by atoms with Crippen LogP contribution in [-0.4, -0.2) is 22.7 Å². The molecule has 0 saturated heterocycles. The zero-order valence-electron chi connectivity index (χ0n) is 25.1. The minimum Gasteiger partial charge on any atom is -0.321 e. The predicted octanol–water partition coefficient (Wildman–Crippen LogP) is 9.41. The van der Waals surface area contributed by atoms with E-state index in [2.05, 4.69) is 20.9 Å². The number of nitrogens with one attached hydrogen (secondary N) is 3. The molecule has 6 rings (SSSR count). The summed E-state index contributed by atoms with van der Waals surface area (Å²) in [6, 6.07) is 36.6. The molecule has 0 saturated carbocycles. The Balaban J connectivity index is 1.20. The molecule has 11 heteroatoms. The second kappa shape index (κ2) is 15.7. The van der Waals surface area contributed by atoms with Crippen molar-refractivity contribution in [3.05, 3.63) is 159 Å². The van der Waals surface area contributed by atoms with Crippen molar-refractivity contribution in [2.75, 3.05) is 10.6 Å². The Bertz CT molecular complexity index is 2070. The summed E-state index contributed by atoms with van der Waals surface area (Å²) in [5, 5.41) is 12.8. The third kappa shape index (κ3) is 8.47. The predicted molar refractivity (Wildman–Crippen MR) is 198 cm³/mol. The number of benzene rings is 4. The van der Waals surface area contributed by atoms with E-state index < -0.39 is 17.1 Å². The van der Waals surface area contributed by atoms with Crippen LogP contribution >= 0.6 is 46.0 Å². The number of rotatable bonds is 11. The van der Waals surface area contributed by atoms with Crippen LogP contribution in [0.25, 0.3) is 17.3 Å². The Morgan fingerprint density at radius 1 is 0.792 bits per heavy atom. The van der Waals surface area contributed by atoms with E-state index in [1.54, 1.807) is 54.6 Å². The number of hydrogen-bond donors (Lipinski definition) is 3. The van der Waals surface area contributed by atoms with Crippen molar-refractivity contribution in [3.63, 3.8) is 0 Å². The Morgan fingerprint density at radius 2 is 1.54 bits per heavy atom. The van der Waals surface area contributed by atoms with E-state index in [4.69, 9.17) is 11.6 Å². The molecule has 6 aromatic rings. The number of aromatic nitrogens is 1. The van der Waals surface area contributed by atoms with Crippen LogP contribution in [-0.2, 0) is 9.59 Å². The number of halogens is 1. The van der Waals surface area contributed by atoms with Gasteiger partial charge in [0.05, 0.1) is 5.69 Å². The molecular weight excluding hydrogens is 680 g/mol. The number of thiophene rings is 1. The lowest BCUT2D eigenvalue weighted by atomic mass is 10.1. The fraction of sp³-hybridized carbons (Fsp3) is 0.0270. The molecule has 0 bridgehead atoms. The largest absolute Gasteiger partial charge is 0.321 e. The van der Waals surface area contributed by atoms with Gasteiger partial charge in [-0.25, -0.2) is 4.98 Å². The number of hydrogen-bond acceptors (Lipinski definition) is 7. The second-order valence-corrected chi connectivity index (χ2v) is 13.7. The van der Waals surface area contributed by atoms with Crippen molar-refractivity contribution in [3.8, 4) is 11.3 Å². The molecule has 0 radical (unpaired) electrons. The minimum atomic E-state index is -0.621. The summed E-state index contributed by atoms with van der Waals surface area (Å²) in [6.45, 7) is 0. The van der Waals surface area contributed by atoms with Gasteiger partial charge in [-0.05, 0) is 59.5 Å². The molecule has 0 aliphatic heterocycles. The maximum Gasteiger partial charge on any atom is 0.272 e. The highest BCUT2D eigenvalue weighted by atomic mass is 35.5. The standard InChI is InChI=1S/C37H27ClN4O3S3/c38-30-19-8-7-18-29(30)32-23-47-37(41-32)42-36(45)33(24-11-3-1-4-12-24)48-28-16-9-15-26(21-28)39-35(44)31(22-27-17-10-20-46-27)40-34(43)25-13-5-2-6-14-25/h1-23,33H,(H,39,44)(H,40,43)(H,41,42,45)/b31-22-. The summed E-state index contributed by atoms with van der Waals surface area (Å²) in [7, 11) is 0. The Labute approximate surface area is 294 Å². The average Bonchev–Trinajstić information content (AvgIpc) is 3.80. The second-order valence-electron chi connectivity index (χ2n) is 10.3. The Morgan fingerprint density at radius 3 is 2.29 bits per heavy atom. The van der Waals surface area contributed by atoms with Gasteiger partial charge in [0.25, 0.3) is 11.8 Å². The summed E-state index contributed by atoms with van der Waals surface area (Å²) < 4.78 is 0. The maximum atomic E-state index is 13.7. The highest BCUT2D eigenvalue weighted by molar-refractivity contribution is 8.00. The van der Waals surface area contributed by atoms with Crippen LogP contribution in [0.5, 0.6) is 0 Å². The third-order valence-corrected chi connectivity index (χ3v) is 10.1. The number of thiazole rings is 1. The van der Waals surface area contributed by atoms with Crippen LogP contribution in [0.2, 0.25) is 5.02 Å². The minimum absolute atomic E-state index is 0.102. The molecule has 0 aliphatic rings. The fourth-order valence-electron chi connectivity index (χ4n) is 4.64. The smallest absolute Gasteiger partial charge is 0.272 e. The molecule has 7 nitrogen and oxygen atoms in total. The van der Waals surface area contributed by atoms with E-state index in [1.165, 1.54) is 34.4 Å². The van der Waals surface area contributed by atoms with E-state index in [9.17, 15) is 14.4 Å². The zero-order chi connectivity index (χ0) is 33.3. The normalized spacial score (nSPS) is 11.8. The number of carbonyl (C=O) groups is 3. The van der Waals surface area contributed by atoms with Gasteiger partial charge >= 0.3 is 0 Å². The van der Waals surface area contributed by atoms with Crippen LogP contribution in [0.4, 0.5) is 10.8 Å².